The smallest absolute Gasteiger partial charge is 1.00 e. The average Bonchev–Trinajstić information content (AvgIpc) is 2.55. The quantitative estimate of drug-likeness (QED) is 0.469. The Morgan fingerprint density at radius 2 is 1.57 bits per heavy atom. The largest absolute Gasteiger partial charge is 4.00 e. The van der Waals surface area contributed by atoms with E-state index < -0.39 is 0 Å². The van der Waals surface area contributed by atoms with Gasteiger partial charge in [0.1, 0.15) is 0 Å². The molecule has 0 aliphatic rings. The van der Waals surface area contributed by atoms with Crippen molar-refractivity contribution in [2.75, 3.05) is 0 Å². The molecule has 0 aromatic heterocycles. The fourth-order valence-electron chi connectivity index (χ4n) is 1.07. The van der Waals surface area contributed by atoms with Crippen LogP contribution in [0.4, 0.5) is 0 Å². The third-order valence-electron chi connectivity index (χ3n) is 1.55. The first-order valence-electron chi connectivity index (χ1n) is 3.78. The zero-order valence-corrected chi connectivity index (χ0v) is 12.0. The summed E-state index contributed by atoms with van der Waals surface area (Å²) in [7, 11) is 0. The van der Waals surface area contributed by atoms with E-state index in [1.165, 1.54) is 10.8 Å². The van der Waals surface area contributed by atoms with Crippen LogP contribution in [0, 0.1) is 6.92 Å². The second-order valence-corrected chi connectivity index (χ2v) is 2.15. The van der Waals surface area contributed by atoms with Crippen LogP contribution in [0.15, 0.2) is 42.5 Å². The van der Waals surface area contributed by atoms with E-state index in [-0.39, 0.29) is 51.0 Å². The molecule has 3 heteroatoms. The van der Waals surface area contributed by atoms with Gasteiger partial charge in [-0.3, -0.25) is 0 Å². The van der Waals surface area contributed by atoms with Gasteiger partial charge in [0.2, 0.25) is 0 Å². The molecule has 14 heavy (non-hydrogen) atoms. The molecule has 0 amide bonds. The van der Waals surface area contributed by atoms with E-state index in [9.17, 15) is 0 Å². The van der Waals surface area contributed by atoms with E-state index >= 15 is 0 Å². The molecule has 0 radical (unpaired) electrons. The molecule has 0 bridgehead atoms. The van der Waals surface area contributed by atoms with E-state index in [2.05, 4.69) is 49.4 Å². The van der Waals surface area contributed by atoms with Gasteiger partial charge < -0.3 is 31.7 Å². The summed E-state index contributed by atoms with van der Waals surface area (Å²) in [5.41, 5.74) is 0. The van der Waals surface area contributed by atoms with Gasteiger partial charge in [-0.05, 0) is 0 Å². The predicted octanol–water partition coefficient (Wildman–Crippen LogP) is -2.60. The summed E-state index contributed by atoms with van der Waals surface area (Å²) in [5, 5.41) is 2.66. The van der Waals surface area contributed by atoms with Crippen molar-refractivity contribution in [2.45, 2.75) is 6.92 Å². The minimum Gasteiger partial charge on any atom is -1.00 e. The van der Waals surface area contributed by atoms with Crippen LogP contribution in [-0.2, 0) is 26.2 Å². The van der Waals surface area contributed by atoms with Gasteiger partial charge in [0.25, 0.3) is 0 Å². The van der Waals surface area contributed by atoms with Crippen LogP contribution in [0.3, 0.4) is 0 Å². The average molecular weight is 306 g/mol. The summed E-state index contributed by atoms with van der Waals surface area (Å²) >= 11 is 0. The molecule has 2 rings (SSSR count). The molecule has 0 saturated heterocycles. The summed E-state index contributed by atoms with van der Waals surface area (Å²) in [5.74, 6) is 0. The summed E-state index contributed by atoms with van der Waals surface area (Å²) in [6.07, 6.45) is 0. The van der Waals surface area contributed by atoms with Crippen molar-refractivity contribution in [3.05, 3.63) is 49.4 Å². The third-order valence-corrected chi connectivity index (χ3v) is 1.55. The summed E-state index contributed by atoms with van der Waals surface area (Å²) in [6.45, 7) is 5.00. The van der Waals surface area contributed by atoms with Crippen LogP contribution in [0.5, 0.6) is 0 Å². The number of fused-ring (bicyclic) bond motifs is 1. The van der Waals surface area contributed by atoms with Crippen LogP contribution < -0.4 is 24.8 Å². The Labute approximate surface area is 117 Å². The van der Waals surface area contributed by atoms with Crippen LogP contribution in [0.1, 0.15) is 6.92 Å². The molecule has 0 saturated carbocycles. The van der Waals surface area contributed by atoms with Crippen molar-refractivity contribution in [3.63, 3.8) is 0 Å². The van der Waals surface area contributed by atoms with E-state index in [1.807, 2.05) is 0 Å². The zero-order valence-electron chi connectivity index (χ0n) is 8.00. The molecule has 2 aromatic rings. The SMILES string of the molecule is [CH2-]C.[Cl-].[Cl-].[Zr+4].c1ccc2[cH-]ccc2c1. The second-order valence-electron chi connectivity index (χ2n) is 2.15. The number of benzene rings is 1. The van der Waals surface area contributed by atoms with Crippen molar-refractivity contribution >= 4 is 10.8 Å². The van der Waals surface area contributed by atoms with Crippen molar-refractivity contribution in [1.29, 1.82) is 0 Å². The Balaban J connectivity index is -0.000000229. The zero-order chi connectivity index (χ0) is 8.10. The standard InChI is InChI=1S/C9H7.C2H5.2ClH.Zr/c1-2-5-9-7-3-6-8(9)4-1;1-2;;;/h1-7H;1H2,2H3;2*1H;/q2*-1;;;+4/p-2. The van der Waals surface area contributed by atoms with Gasteiger partial charge in [0.15, 0.2) is 0 Å². The molecule has 0 heterocycles. The molecular weight excluding hydrogens is 294 g/mol. The Bertz CT molecular complexity index is 287. The second kappa shape index (κ2) is 11.4. The summed E-state index contributed by atoms with van der Waals surface area (Å²) in [6, 6.07) is 14.7. The third kappa shape index (κ3) is 5.24. The molecule has 0 aliphatic heterocycles. The predicted molar refractivity (Wildman–Crippen MR) is 50.6 cm³/mol. The normalized spacial score (nSPS) is 7.00. The maximum Gasteiger partial charge on any atom is 4.00 e. The number of hydrogen-bond donors (Lipinski definition) is 0. The fourth-order valence-corrected chi connectivity index (χ4v) is 1.07. The Kier molecular flexibility index (Phi) is 16.1. The summed E-state index contributed by atoms with van der Waals surface area (Å²) < 4.78 is 0. The molecule has 0 unspecified atom stereocenters. The number of rotatable bonds is 0. The van der Waals surface area contributed by atoms with Gasteiger partial charge in [0, 0.05) is 0 Å². The van der Waals surface area contributed by atoms with Crippen LogP contribution >= 0.6 is 0 Å². The maximum atomic E-state index is 3.25. The van der Waals surface area contributed by atoms with E-state index in [1.54, 1.807) is 6.92 Å². The van der Waals surface area contributed by atoms with Gasteiger partial charge >= 0.3 is 26.2 Å². The van der Waals surface area contributed by atoms with Crippen molar-refractivity contribution in [3.8, 4) is 0 Å². The van der Waals surface area contributed by atoms with Gasteiger partial charge in [-0.15, -0.1) is 29.7 Å². The first-order valence-corrected chi connectivity index (χ1v) is 3.78. The van der Waals surface area contributed by atoms with Crippen molar-refractivity contribution in [1.82, 2.24) is 0 Å². The van der Waals surface area contributed by atoms with Crippen LogP contribution in [-0.4, -0.2) is 0 Å². The maximum absolute atomic E-state index is 3.25. The Morgan fingerprint density at radius 1 is 1.00 bits per heavy atom. The molecule has 2 aromatic carbocycles. The fraction of sp³-hybridized carbons (Fsp3) is 0.0909. The molecule has 0 spiro atoms. The van der Waals surface area contributed by atoms with Crippen molar-refractivity contribution < 1.29 is 51.0 Å². The van der Waals surface area contributed by atoms with Gasteiger partial charge in [-0.1, -0.05) is 6.07 Å². The van der Waals surface area contributed by atoms with Crippen LogP contribution in [0.2, 0.25) is 0 Å². The molecule has 74 valence electrons. The Hall–Kier alpha value is 0.293. The van der Waals surface area contributed by atoms with Gasteiger partial charge in [-0.2, -0.15) is 24.4 Å². The number of hydrogen-bond acceptors (Lipinski definition) is 0. The van der Waals surface area contributed by atoms with Gasteiger partial charge in [-0.25, -0.2) is 0 Å². The molecule has 0 atom stereocenters. The van der Waals surface area contributed by atoms with Crippen LogP contribution in [0.25, 0.3) is 10.8 Å². The van der Waals surface area contributed by atoms with Crippen molar-refractivity contribution in [2.24, 2.45) is 0 Å². The van der Waals surface area contributed by atoms with Gasteiger partial charge in [0.05, 0.1) is 0 Å². The molecule has 0 N–H and O–H groups in total. The van der Waals surface area contributed by atoms with E-state index in [0.29, 0.717) is 0 Å². The van der Waals surface area contributed by atoms with E-state index in [0.717, 1.165) is 0 Å². The number of halogens is 2. The minimum absolute atomic E-state index is 0. The minimum atomic E-state index is 0. The topological polar surface area (TPSA) is 0 Å². The molecule has 0 nitrogen and oxygen atoms in total. The first kappa shape index (κ1) is 19.8. The first-order chi connectivity index (χ1) is 5.47. The Morgan fingerprint density at radius 3 is 2.14 bits per heavy atom. The monoisotopic (exact) mass is 304 g/mol. The molecular formula is C11H12Cl2Zr. The molecule has 0 aliphatic carbocycles. The summed E-state index contributed by atoms with van der Waals surface area (Å²) in [4.78, 5) is 0. The van der Waals surface area contributed by atoms with E-state index in [4.69, 9.17) is 0 Å². The molecule has 0 fully saturated rings.